The largest absolute Gasteiger partial charge is 0.480 e. The zero-order valence-corrected chi connectivity index (χ0v) is 10.9. The van der Waals surface area contributed by atoms with Gasteiger partial charge in [-0.3, -0.25) is 24.2 Å². The number of nitrogens with zero attached hydrogens (tertiary/aromatic N) is 2. The minimum atomic E-state index is -2.09. The van der Waals surface area contributed by atoms with Gasteiger partial charge in [-0.1, -0.05) is 0 Å². The first-order valence-electron chi connectivity index (χ1n) is 5.66. The minimum Gasteiger partial charge on any atom is -0.480 e. The number of carboxylic acid groups (broad SMARTS) is 4. The van der Waals surface area contributed by atoms with Crippen LogP contribution in [-0.2, 0) is 19.2 Å². The van der Waals surface area contributed by atoms with Crippen LogP contribution in [0.4, 0.5) is 0 Å². The van der Waals surface area contributed by atoms with E-state index in [4.69, 9.17) is 20.4 Å². The van der Waals surface area contributed by atoms with E-state index in [0.717, 1.165) is 4.90 Å². The summed E-state index contributed by atoms with van der Waals surface area (Å²) in [5.41, 5.74) is 0. The van der Waals surface area contributed by atoms with E-state index in [2.05, 4.69) is 0 Å². The van der Waals surface area contributed by atoms with Crippen LogP contribution in [0.2, 0.25) is 0 Å². The van der Waals surface area contributed by atoms with Crippen LogP contribution in [0.5, 0.6) is 0 Å². The van der Waals surface area contributed by atoms with E-state index >= 15 is 0 Å². The van der Waals surface area contributed by atoms with Crippen LogP contribution in [0.1, 0.15) is 0 Å². The summed E-state index contributed by atoms with van der Waals surface area (Å²) in [5, 5.41) is 43.8. The fraction of sp³-hybridized carbons (Fsp3) is 0.600. The first kappa shape index (κ1) is 18.8. The molecule has 21 heavy (non-hydrogen) atoms. The molecular weight excluding hydrogens is 292 g/mol. The van der Waals surface area contributed by atoms with Gasteiger partial charge in [0.15, 0.2) is 0 Å². The van der Waals surface area contributed by atoms with Gasteiger partial charge in [0.2, 0.25) is 6.23 Å². The molecule has 0 fully saturated rings. The van der Waals surface area contributed by atoms with Crippen LogP contribution >= 0.6 is 0 Å². The average molecular weight is 308 g/mol. The highest BCUT2D eigenvalue weighted by Crippen LogP contribution is 1.99. The molecule has 0 amide bonds. The summed E-state index contributed by atoms with van der Waals surface area (Å²) in [6.45, 7) is -2.59. The van der Waals surface area contributed by atoms with Crippen LogP contribution in [0.25, 0.3) is 0 Å². The lowest BCUT2D eigenvalue weighted by molar-refractivity contribution is -0.161. The number of aliphatic carboxylic acids is 4. The maximum absolute atomic E-state index is 10.6. The molecule has 0 aliphatic rings. The number of aliphatic hydroxyl groups excluding tert-OH is 1. The molecule has 0 aromatic carbocycles. The molecule has 1 unspecified atom stereocenters. The van der Waals surface area contributed by atoms with Crippen molar-refractivity contribution in [3.63, 3.8) is 0 Å². The SMILES string of the molecule is O=C(O)CN(CCN(CC(=O)O)C(O)C(=O)O)CC(=O)O. The molecule has 5 N–H and O–H groups in total. The van der Waals surface area contributed by atoms with Crippen molar-refractivity contribution in [3.05, 3.63) is 0 Å². The molecule has 0 heterocycles. The maximum Gasteiger partial charge on any atom is 0.348 e. The van der Waals surface area contributed by atoms with E-state index < -0.39 is 49.7 Å². The van der Waals surface area contributed by atoms with Crippen LogP contribution < -0.4 is 0 Å². The Hall–Kier alpha value is -2.24. The number of carbonyl (C=O) groups is 4. The number of hydrogen-bond donors (Lipinski definition) is 5. The number of rotatable bonds is 11. The Bertz CT molecular complexity index is 395. The van der Waals surface area contributed by atoms with Gasteiger partial charge in [-0.05, 0) is 0 Å². The third-order valence-corrected chi connectivity index (χ3v) is 2.33. The molecule has 1 atom stereocenters. The third kappa shape index (κ3) is 8.52. The Labute approximate surface area is 118 Å². The third-order valence-electron chi connectivity index (χ3n) is 2.33. The number of hydrogen-bond acceptors (Lipinski definition) is 7. The first-order valence-corrected chi connectivity index (χ1v) is 5.66. The molecule has 0 aromatic heterocycles. The van der Waals surface area contributed by atoms with Crippen LogP contribution in [0.15, 0.2) is 0 Å². The fourth-order valence-corrected chi connectivity index (χ4v) is 1.48. The molecule has 11 nitrogen and oxygen atoms in total. The van der Waals surface area contributed by atoms with Crippen molar-refractivity contribution in [2.75, 3.05) is 32.7 Å². The van der Waals surface area contributed by atoms with E-state index in [1.165, 1.54) is 0 Å². The Kier molecular flexibility index (Phi) is 7.89. The van der Waals surface area contributed by atoms with Crippen molar-refractivity contribution in [2.24, 2.45) is 0 Å². The van der Waals surface area contributed by atoms with Crippen molar-refractivity contribution in [1.82, 2.24) is 9.80 Å². The summed E-state index contributed by atoms with van der Waals surface area (Å²) in [6.07, 6.45) is -2.09. The smallest absolute Gasteiger partial charge is 0.348 e. The number of carboxylic acids is 4. The summed E-state index contributed by atoms with van der Waals surface area (Å²) in [7, 11) is 0. The molecular formula is C10H16N2O9. The van der Waals surface area contributed by atoms with E-state index in [1.54, 1.807) is 0 Å². The number of aliphatic hydroxyl groups is 1. The highest BCUT2D eigenvalue weighted by atomic mass is 16.4. The van der Waals surface area contributed by atoms with Gasteiger partial charge in [-0.25, -0.2) is 4.79 Å². The van der Waals surface area contributed by atoms with Crippen LogP contribution in [0.3, 0.4) is 0 Å². The molecule has 120 valence electrons. The van der Waals surface area contributed by atoms with Crippen molar-refractivity contribution < 1.29 is 44.7 Å². The second-order valence-electron chi connectivity index (χ2n) is 4.07. The molecule has 0 aliphatic carbocycles. The molecule has 0 saturated heterocycles. The van der Waals surface area contributed by atoms with Crippen molar-refractivity contribution in [1.29, 1.82) is 0 Å². The molecule has 0 aliphatic heterocycles. The van der Waals surface area contributed by atoms with E-state index in [1.807, 2.05) is 0 Å². The van der Waals surface area contributed by atoms with E-state index in [9.17, 15) is 24.3 Å². The van der Waals surface area contributed by atoms with Gasteiger partial charge in [0.25, 0.3) is 0 Å². The quantitative estimate of drug-likeness (QED) is 0.250. The minimum absolute atomic E-state index is 0.240. The average Bonchev–Trinajstić information content (AvgIpc) is 2.31. The Morgan fingerprint density at radius 2 is 1.19 bits per heavy atom. The summed E-state index contributed by atoms with van der Waals surface area (Å²) < 4.78 is 0. The zero-order valence-electron chi connectivity index (χ0n) is 10.9. The normalized spacial score (nSPS) is 12.3. The molecule has 0 rings (SSSR count). The second-order valence-corrected chi connectivity index (χ2v) is 4.07. The van der Waals surface area contributed by atoms with Gasteiger partial charge >= 0.3 is 23.9 Å². The van der Waals surface area contributed by atoms with Crippen LogP contribution in [-0.4, -0.2) is 98.2 Å². The first-order chi connectivity index (χ1) is 9.63. The Morgan fingerprint density at radius 3 is 1.52 bits per heavy atom. The summed E-state index contributed by atoms with van der Waals surface area (Å²) in [4.78, 5) is 44.0. The van der Waals surface area contributed by atoms with Gasteiger partial charge in [-0.15, -0.1) is 0 Å². The van der Waals surface area contributed by atoms with E-state index in [0.29, 0.717) is 4.90 Å². The molecule has 11 heteroatoms. The topological polar surface area (TPSA) is 176 Å². The Morgan fingerprint density at radius 1 is 0.762 bits per heavy atom. The predicted octanol–water partition coefficient (Wildman–Crippen LogP) is -2.75. The monoisotopic (exact) mass is 308 g/mol. The van der Waals surface area contributed by atoms with Gasteiger partial charge in [0.1, 0.15) is 0 Å². The molecule has 0 bridgehead atoms. The van der Waals surface area contributed by atoms with Gasteiger partial charge in [0, 0.05) is 13.1 Å². The summed E-state index contributed by atoms with van der Waals surface area (Å²) in [5.74, 6) is -5.64. The maximum atomic E-state index is 10.6. The zero-order chi connectivity index (χ0) is 16.6. The van der Waals surface area contributed by atoms with E-state index in [-0.39, 0.29) is 13.1 Å². The highest BCUT2D eigenvalue weighted by Gasteiger charge is 2.25. The molecule has 0 saturated carbocycles. The summed E-state index contributed by atoms with van der Waals surface area (Å²) in [6, 6.07) is 0. The standard InChI is InChI=1S/C10H16N2O9/c13-6(14)3-11(4-7(15)16)1-2-12(5-8(17)18)9(19)10(20)21/h9,19H,1-5H2,(H,13,14)(H,15,16)(H,17,18)(H,20,21). The van der Waals surface area contributed by atoms with Gasteiger partial charge in [-0.2, -0.15) is 0 Å². The molecule has 0 spiro atoms. The van der Waals surface area contributed by atoms with Crippen molar-refractivity contribution in [3.8, 4) is 0 Å². The van der Waals surface area contributed by atoms with Crippen molar-refractivity contribution in [2.45, 2.75) is 6.23 Å². The van der Waals surface area contributed by atoms with Gasteiger partial charge in [0.05, 0.1) is 19.6 Å². The predicted molar refractivity (Wildman–Crippen MR) is 64.6 cm³/mol. The lowest BCUT2D eigenvalue weighted by atomic mass is 10.3. The molecule has 0 radical (unpaired) electrons. The second kappa shape index (κ2) is 8.84. The Balaban J connectivity index is 4.72. The van der Waals surface area contributed by atoms with Crippen molar-refractivity contribution >= 4 is 23.9 Å². The summed E-state index contributed by atoms with van der Waals surface area (Å²) >= 11 is 0. The lowest BCUT2D eigenvalue weighted by Crippen LogP contribution is -2.48. The molecule has 0 aromatic rings. The van der Waals surface area contributed by atoms with Gasteiger partial charge < -0.3 is 25.5 Å². The lowest BCUT2D eigenvalue weighted by Gasteiger charge is -2.26. The van der Waals surface area contributed by atoms with Crippen LogP contribution in [0, 0.1) is 0 Å². The fourth-order valence-electron chi connectivity index (χ4n) is 1.48. The highest BCUT2D eigenvalue weighted by molar-refractivity contribution is 5.74.